The van der Waals surface area contributed by atoms with Crippen LogP contribution in [0.1, 0.15) is 43.1 Å². The van der Waals surface area contributed by atoms with E-state index in [0.717, 1.165) is 34.5 Å². The highest BCUT2D eigenvalue weighted by Gasteiger charge is 2.28. The molecule has 132 valence electrons. The average Bonchev–Trinajstić information content (AvgIpc) is 3.31. The van der Waals surface area contributed by atoms with Crippen molar-refractivity contribution in [2.45, 2.75) is 46.2 Å². The molecule has 4 nitrogen and oxygen atoms in total. The Morgan fingerprint density at radius 2 is 2.08 bits per heavy atom. The maximum atomic E-state index is 8.45. The van der Waals surface area contributed by atoms with Crippen LogP contribution in [-0.4, -0.2) is 26.6 Å². The highest BCUT2D eigenvalue weighted by Crippen LogP contribution is 2.36. The third-order valence-electron chi connectivity index (χ3n) is 5.48. The predicted octanol–water partition coefficient (Wildman–Crippen LogP) is 4.59. The van der Waals surface area contributed by atoms with Crippen molar-refractivity contribution in [1.29, 1.82) is 0 Å². The van der Waals surface area contributed by atoms with E-state index >= 15 is 0 Å². The van der Waals surface area contributed by atoms with Crippen molar-refractivity contribution in [3.8, 4) is 5.69 Å². The second kappa shape index (κ2) is 5.37. The highest BCUT2D eigenvalue weighted by atomic mass is 15.4. The molecule has 0 saturated carbocycles. The van der Waals surface area contributed by atoms with E-state index in [4.69, 9.17) is 10.5 Å². The normalized spacial score (nSPS) is 23.3. The SMILES string of the molecule is [2H]C([2H])([2H])C([2H])(C)N1C=CN(c2cc3nc4n(c3cc2C)-c2ccccc2C4)[C@H]1C. The molecule has 2 aliphatic heterocycles. The fraction of sp³-hybridized carbons (Fsp3) is 0.318. The van der Waals surface area contributed by atoms with Crippen LogP contribution in [0.2, 0.25) is 0 Å². The van der Waals surface area contributed by atoms with Gasteiger partial charge in [0.05, 0.1) is 18.1 Å². The van der Waals surface area contributed by atoms with Crippen LogP contribution in [0, 0.1) is 6.92 Å². The fourth-order valence-corrected chi connectivity index (χ4v) is 4.18. The van der Waals surface area contributed by atoms with Crippen LogP contribution in [0.3, 0.4) is 0 Å². The Kier molecular flexibility index (Phi) is 2.43. The number of para-hydroxylation sites is 1. The molecule has 0 spiro atoms. The number of hydrogen-bond donors (Lipinski definition) is 0. The summed E-state index contributed by atoms with van der Waals surface area (Å²) < 4.78 is 34.0. The standard InChI is InChI=1S/C22H24N4/c1-14(2)24-9-10-25(16(24)4)20-13-18-21(11-15(20)3)26-19-8-6-5-7-17(19)12-22(26)23-18/h5-11,13-14,16H,12H2,1-4H3/t16-/m0/s1/i1D3,14D/t14?,16-. The van der Waals surface area contributed by atoms with Crippen LogP contribution in [-0.2, 0) is 6.42 Å². The molecule has 0 aliphatic carbocycles. The van der Waals surface area contributed by atoms with Crippen LogP contribution in [0.25, 0.3) is 16.7 Å². The molecule has 2 aromatic carbocycles. The van der Waals surface area contributed by atoms with Crippen LogP contribution in [0.5, 0.6) is 0 Å². The Bertz CT molecular complexity index is 1190. The van der Waals surface area contributed by atoms with Crippen LogP contribution < -0.4 is 4.90 Å². The molecule has 4 heteroatoms. The first-order chi connectivity index (χ1) is 14.1. The van der Waals surface area contributed by atoms with E-state index in [1.165, 1.54) is 18.2 Å². The highest BCUT2D eigenvalue weighted by molar-refractivity contribution is 5.85. The molecule has 5 rings (SSSR count). The van der Waals surface area contributed by atoms with Gasteiger partial charge in [0.1, 0.15) is 12.0 Å². The van der Waals surface area contributed by atoms with Crippen molar-refractivity contribution in [2.75, 3.05) is 4.90 Å². The maximum Gasteiger partial charge on any atom is 0.118 e. The van der Waals surface area contributed by atoms with E-state index < -0.39 is 12.9 Å². The number of rotatable bonds is 2. The van der Waals surface area contributed by atoms with Crippen LogP contribution in [0.15, 0.2) is 48.8 Å². The van der Waals surface area contributed by atoms with E-state index in [0.29, 0.717) is 0 Å². The molecule has 1 aromatic heterocycles. The summed E-state index contributed by atoms with van der Waals surface area (Å²) in [7, 11) is 0. The molecular formula is C22H24N4. The number of aryl methyl sites for hydroxylation is 1. The van der Waals surface area contributed by atoms with Crippen molar-refractivity contribution in [1.82, 2.24) is 14.5 Å². The van der Waals surface area contributed by atoms with Crippen molar-refractivity contribution in [2.24, 2.45) is 0 Å². The third kappa shape index (κ3) is 2.05. The Balaban J connectivity index is 1.55. The lowest BCUT2D eigenvalue weighted by Crippen LogP contribution is -2.39. The summed E-state index contributed by atoms with van der Waals surface area (Å²) in [6.45, 7) is 3.00. The predicted molar refractivity (Wildman–Crippen MR) is 107 cm³/mol. The first kappa shape index (κ1) is 11.8. The van der Waals surface area contributed by atoms with Crippen molar-refractivity contribution >= 4 is 16.7 Å². The Morgan fingerprint density at radius 1 is 1.23 bits per heavy atom. The largest absolute Gasteiger partial charge is 0.353 e. The van der Waals surface area contributed by atoms with Crippen LogP contribution in [0.4, 0.5) is 5.69 Å². The number of nitrogens with zero attached hydrogens (tertiary/aromatic N) is 4. The smallest absolute Gasteiger partial charge is 0.118 e. The molecule has 26 heavy (non-hydrogen) atoms. The molecule has 0 bridgehead atoms. The number of aromatic nitrogens is 2. The zero-order chi connectivity index (χ0) is 21.4. The second-order valence-corrected chi connectivity index (χ2v) is 7.13. The van der Waals surface area contributed by atoms with Crippen LogP contribution >= 0.6 is 0 Å². The van der Waals surface area contributed by atoms with Gasteiger partial charge in [-0.3, -0.25) is 4.57 Å². The molecular weight excluding hydrogens is 320 g/mol. The number of anilines is 1. The zero-order valence-corrected chi connectivity index (χ0v) is 15.2. The fourth-order valence-electron chi connectivity index (χ4n) is 4.18. The molecule has 3 heterocycles. The summed E-state index contributed by atoms with van der Waals surface area (Å²) >= 11 is 0. The first-order valence-electron chi connectivity index (χ1n) is 10.9. The lowest BCUT2D eigenvalue weighted by molar-refractivity contribution is 0.263. The van der Waals surface area contributed by atoms with Gasteiger partial charge < -0.3 is 9.80 Å². The Labute approximate surface area is 160 Å². The number of imidazole rings is 1. The summed E-state index contributed by atoms with van der Waals surface area (Å²) in [6.07, 6.45) is 4.09. The lowest BCUT2D eigenvalue weighted by atomic mass is 10.1. The van der Waals surface area contributed by atoms with Gasteiger partial charge in [0.2, 0.25) is 0 Å². The number of hydrogen-bond acceptors (Lipinski definition) is 3. The van der Waals surface area contributed by atoms with E-state index in [-0.39, 0.29) is 6.17 Å². The Hall–Kier alpha value is -2.75. The third-order valence-corrected chi connectivity index (χ3v) is 5.48. The molecule has 0 saturated heterocycles. The minimum absolute atomic E-state index is 0.292. The Morgan fingerprint density at radius 3 is 2.92 bits per heavy atom. The first-order valence-corrected chi connectivity index (χ1v) is 8.95. The van der Waals surface area contributed by atoms with Gasteiger partial charge in [-0.2, -0.15) is 0 Å². The van der Waals surface area contributed by atoms with Gasteiger partial charge in [0.25, 0.3) is 0 Å². The number of benzene rings is 2. The zero-order valence-electron chi connectivity index (χ0n) is 19.2. The molecule has 2 aliphatic rings. The number of fused-ring (bicyclic) bond motifs is 5. The van der Waals surface area contributed by atoms with E-state index in [9.17, 15) is 0 Å². The monoisotopic (exact) mass is 348 g/mol. The van der Waals surface area contributed by atoms with Crippen molar-refractivity contribution in [3.05, 3.63) is 65.7 Å². The van der Waals surface area contributed by atoms with E-state index in [2.05, 4.69) is 47.9 Å². The average molecular weight is 348 g/mol. The summed E-state index contributed by atoms with van der Waals surface area (Å²) in [5.74, 6) is 1.04. The van der Waals surface area contributed by atoms with Gasteiger partial charge in [-0.05, 0) is 56.9 Å². The minimum atomic E-state index is -2.42. The van der Waals surface area contributed by atoms with E-state index in [1.807, 2.05) is 18.0 Å². The molecule has 0 amide bonds. The minimum Gasteiger partial charge on any atom is -0.353 e. The van der Waals surface area contributed by atoms with Gasteiger partial charge in [0.15, 0.2) is 0 Å². The molecule has 0 fully saturated rings. The van der Waals surface area contributed by atoms with Gasteiger partial charge in [-0.15, -0.1) is 0 Å². The lowest BCUT2D eigenvalue weighted by Gasteiger charge is -2.33. The molecule has 1 unspecified atom stereocenters. The van der Waals surface area contributed by atoms with Gasteiger partial charge >= 0.3 is 0 Å². The quantitative estimate of drug-likeness (QED) is 0.530. The summed E-state index contributed by atoms with van der Waals surface area (Å²) in [4.78, 5) is 8.49. The molecule has 0 radical (unpaired) electrons. The van der Waals surface area contributed by atoms with E-state index in [1.54, 1.807) is 11.1 Å². The summed E-state index contributed by atoms with van der Waals surface area (Å²) in [5, 5.41) is 0. The topological polar surface area (TPSA) is 24.3 Å². The molecule has 2 atom stereocenters. The van der Waals surface area contributed by atoms with Crippen molar-refractivity contribution in [3.63, 3.8) is 0 Å². The van der Waals surface area contributed by atoms with Crippen molar-refractivity contribution < 1.29 is 5.48 Å². The second-order valence-electron chi connectivity index (χ2n) is 7.13. The van der Waals surface area contributed by atoms with Gasteiger partial charge in [-0.1, -0.05) is 18.2 Å². The molecule has 0 N–H and O–H groups in total. The van der Waals surface area contributed by atoms with Gasteiger partial charge in [-0.25, -0.2) is 4.98 Å². The molecule has 3 aromatic rings. The summed E-state index contributed by atoms with van der Waals surface area (Å²) in [5.41, 5.74) is 6.52. The maximum absolute atomic E-state index is 8.45. The summed E-state index contributed by atoms with van der Waals surface area (Å²) in [6, 6.07) is 10.9. The van der Waals surface area contributed by atoms with Gasteiger partial charge in [0, 0.05) is 34.6 Å².